The van der Waals surface area contributed by atoms with Crippen molar-refractivity contribution in [2.45, 2.75) is 45.2 Å². The second-order valence-corrected chi connectivity index (χ2v) is 2.78. The Hall–Kier alpha value is -0.550. The largest absolute Gasteiger partial charge is 0.392 e. The van der Waals surface area contributed by atoms with Gasteiger partial charge in [-0.15, -0.1) is 5.92 Å². The Labute approximate surface area is 74.0 Å². The normalized spacial score (nSPS) is 11.9. The standard InChI is InChI=1S/C10H17FO/c1-2-3-4-5-6-7-8-10(11)9-12/h10,12H,2-6,9H2,1H3. The third-order valence-electron chi connectivity index (χ3n) is 1.57. The molecule has 1 nitrogen and oxygen atoms in total. The van der Waals surface area contributed by atoms with E-state index < -0.39 is 12.8 Å². The van der Waals surface area contributed by atoms with Gasteiger partial charge >= 0.3 is 0 Å². The lowest BCUT2D eigenvalue weighted by atomic mass is 10.1. The Balaban J connectivity index is 3.21. The van der Waals surface area contributed by atoms with Crippen molar-refractivity contribution in [3.63, 3.8) is 0 Å². The van der Waals surface area contributed by atoms with Gasteiger partial charge < -0.3 is 5.11 Å². The number of unbranched alkanes of at least 4 members (excludes halogenated alkanes) is 4. The first-order valence-corrected chi connectivity index (χ1v) is 4.54. The van der Waals surface area contributed by atoms with Crippen LogP contribution in [0.4, 0.5) is 4.39 Å². The van der Waals surface area contributed by atoms with Crippen LogP contribution < -0.4 is 0 Å². The van der Waals surface area contributed by atoms with Crippen LogP contribution in [0, 0.1) is 11.8 Å². The molecular formula is C10H17FO. The molecule has 0 radical (unpaired) electrons. The smallest absolute Gasteiger partial charge is 0.183 e. The van der Waals surface area contributed by atoms with E-state index in [0.717, 1.165) is 12.8 Å². The molecule has 0 aliphatic heterocycles. The summed E-state index contributed by atoms with van der Waals surface area (Å²) in [6, 6.07) is 0. The molecule has 0 spiro atoms. The lowest BCUT2D eigenvalue weighted by Gasteiger charge is -1.93. The van der Waals surface area contributed by atoms with Crippen LogP contribution in [0.5, 0.6) is 0 Å². The third-order valence-corrected chi connectivity index (χ3v) is 1.57. The Kier molecular flexibility index (Phi) is 8.15. The number of hydrogen-bond donors (Lipinski definition) is 1. The molecule has 70 valence electrons. The van der Waals surface area contributed by atoms with Gasteiger partial charge in [0.1, 0.15) is 0 Å². The van der Waals surface area contributed by atoms with Crippen LogP contribution in [-0.4, -0.2) is 17.9 Å². The molecule has 0 bridgehead atoms. The number of halogens is 1. The summed E-state index contributed by atoms with van der Waals surface area (Å²) in [7, 11) is 0. The highest BCUT2D eigenvalue weighted by Gasteiger charge is 1.94. The first-order chi connectivity index (χ1) is 5.81. The van der Waals surface area contributed by atoms with Crippen LogP contribution in [0.1, 0.15) is 39.0 Å². The summed E-state index contributed by atoms with van der Waals surface area (Å²) < 4.78 is 12.3. The van der Waals surface area contributed by atoms with E-state index >= 15 is 0 Å². The highest BCUT2D eigenvalue weighted by Crippen LogP contribution is 2.01. The molecular weight excluding hydrogens is 155 g/mol. The molecule has 0 saturated heterocycles. The Morgan fingerprint density at radius 3 is 2.67 bits per heavy atom. The minimum absolute atomic E-state index is 0.484. The molecule has 0 aliphatic carbocycles. The Bertz CT molecular complexity index is 146. The molecule has 0 aromatic carbocycles. The summed E-state index contributed by atoms with van der Waals surface area (Å²) in [6.07, 6.45) is 4.04. The van der Waals surface area contributed by atoms with Gasteiger partial charge in [-0.25, -0.2) is 4.39 Å². The summed E-state index contributed by atoms with van der Waals surface area (Å²) in [4.78, 5) is 0. The number of hydrogen-bond acceptors (Lipinski definition) is 1. The van der Waals surface area contributed by atoms with Crippen LogP contribution in [0.25, 0.3) is 0 Å². The molecule has 1 atom stereocenters. The first kappa shape index (κ1) is 11.4. The highest BCUT2D eigenvalue weighted by atomic mass is 19.1. The maximum absolute atomic E-state index is 12.3. The lowest BCUT2D eigenvalue weighted by Crippen LogP contribution is -2.01. The summed E-state index contributed by atoms with van der Waals surface area (Å²) in [6.45, 7) is 1.66. The van der Waals surface area contributed by atoms with Crippen molar-refractivity contribution in [3.8, 4) is 11.8 Å². The highest BCUT2D eigenvalue weighted by molar-refractivity contribution is 5.04. The number of alkyl halides is 1. The van der Waals surface area contributed by atoms with Crippen molar-refractivity contribution in [2.24, 2.45) is 0 Å². The Morgan fingerprint density at radius 1 is 1.33 bits per heavy atom. The predicted molar refractivity (Wildman–Crippen MR) is 48.5 cm³/mol. The average molecular weight is 172 g/mol. The van der Waals surface area contributed by atoms with Gasteiger partial charge in [-0.3, -0.25) is 0 Å². The molecule has 12 heavy (non-hydrogen) atoms. The van der Waals surface area contributed by atoms with Gasteiger partial charge in [-0.05, 0) is 6.42 Å². The zero-order valence-corrected chi connectivity index (χ0v) is 7.65. The molecule has 0 fully saturated rings. The van der Waals surface area contributed by atoms with E-state index in [2.05, 4.69) is 18.8 Å². The fourth-order valence-electron chi connectivity index (χ4n) is 0.869. The van der Waals surface area contributed by atoms with E-state index in [-0.39, 0.29) is 0 Å². The maximum Gasteiger partial charge on any atom is 0.183 e. The maximum atomic E-state index is 12.3. The summed E-state index contributed by atoms with van der Waals surface area (Å²) in [5.74, 6) is 5.05. The third kappa shape index (κ3) is 7.56. The lowest BCUT2D eigenvalue weighted by molar-refractivity contribution is 0.215. The molecule has 0 heterocycles. The molecule has 0 saturated carbocycles. The monoisotopic (exact) mass is 172 g/mol. The van der Waals surface area contributed by atoms with Crippen molar-refractivity contribution in [1.82, 2.24) is 0 Å². The van der Waals surface area contributed by atoms with Gasteiger partial charge in [0, 0.05) is 6.42 Å². The van der Waals surface area contributed by atoms with E-state index in [0.29, 0.717) is 0 Å². The van der Waals surface area contributed by atoms with Gasteiger partial charge in [0.05, 0.1) is 6.61 Å². The van der Waals surface area contributed by atoms with Crippen LogP contribution in [0.3, 0.4) is 0 Å². The zero-order valence-electron chi connectivity index (χ0n) is 7.65. The van der Waals surface area contributed by atoms with Gasteiger partial charge in [-0.1, -0.05) is 32.1 Å². The Morgan fingerprint density at radius 2 is 2.08 bits per heavy atom. The van der Waals surface area contributed by atoms with Crippen LogP contribution in [0.2, 0.25) is 0 Å². The van der Waals surface area contributed by atoms with E-state index in [9.17, 15) is 4.39 Å². The predicted octanol–water partition coefficient (Wildman–Crippen LogP) is 2.29. The number of rotatable bonds is 5. The van der Waals surface area contributed by atoms with Gasteiger partial charge in [0.15, 0.2) is 6.17 Å². The van der Waals surface area contributed by atoms with Crippen LogP contribution in [-0.2, 0) is 0 Å². The molecule has 0 aromatic heterocycles. The molecule has 1 unspecified atom stereocenters. The summed E-state index contributed by atoms with van der Waals surface area (Å²) in [5.41, 5.74) is 0. The van der Waals surface area contributed by atoms with E-state index in [1.54, 1.807) is 0 Å². The number of aliphatic hydroxyl groups excluding tert-OH is 1. The average Bonchev–Trinajstić information content (AvgIpc) is 2.10. The van der Waals surface area contributed by atoms with Crippen molar-refractivity contribution >= 4 is 0 Å². The second-order valence-electron chi connectivity index (χ2n) is 2.78. The second kappa shape index (κ2) is 8.55. The molecule has 0 rings (SSSR count). The topological polar surface area (TPSA) is 20.2 Å². The van der Waals surface area contributed by atoms with E-state index in [1.165, 1.54) is 19.3 Å². The van der Waals surface area contributed by atoms with Crippen molar-refractivity contribution in [1.29, 1.82) is 0 Å². The van der Waals surface area contributed by atoms with Crippen LogP contribution in [0.15, 0.2) is 0 Å². The molecule has 0 aliphatic rings. The minimum atomic E-state index is -1.35. The van der Waals surface area contributed by atoms with Gasteiger partial charge in [0.25, 0.3) is 0 Å². The molecule has 0 aromatic rings. The molecule has 1 N–H and O–H groups in total. The van der Waals surface area contributed by atoms with Gasteiger partial charge in [0.2, 0.25) is 0 Å². The molecule has 0 amide bonds. The zero-order chi connectivity index (χ0) is 9.23. The van der Waals surface area contributed by atoms with Crippen molar-refractivity contribution in [3.05, 3.63) is 0 Å². The van der Waals surface area contributed by atoms with E-state index in [4.69, 9.17) is 5.11 Å². The quantitative estimate of drug-likeness (QED) is 0.498. The minimum Gasteiger partial charge on any atom is -0.392 e. The first-order valence-electron chi connectivity index (χ1n) is 4.54. The van der Waals surface area contributed by atoms with Crippen LogP contribution >= 0.6 is 0 Å². The fourth-order valence-corrected chi connectivity index (χ4v) is 0.869. The van der Waals surface area contributed by atoms with Crippen molar-refractivity contribution < 1.29 is 9.50 Å². The molecule has 2 heteroatoms. The SMILES string of the molecule is CCCCCCC#CC(F)CO. The fraction of sp³-hybridized carbons (Fsp3) is 0.800. The van der Waals surface area contributed by atoms with Crippen molar-refractivity contribution in [2.75, 3.05) is 6.61 Å². The summed E-state index contributed by atoms with van der Waals surface area (Å²) in [5, 5.41) is 8.30. The van der Waals surface area contributed by atoms with E-state index in [1.807, 2.05) is 0 Å². The summed E-state index contributed by atoms with van der Waals surface area (Å²) >= 11 is 0. The number of aliphatic hydroxyl groups is 1. The van der Waals surface area contributed by atoms with Gasteiger partial charge in [-0.2, -0.15) is 0 Å².